The molecule has 6 heteroatoms. The van der Waals surface area contributed by atoms with E-state index >= 15 is 0 Å². The summed E-state index contributed by atoms with van der Waals surface area (Å²) in [6, 6.07) is 1.54. The summed E-state index contributed by atoms with van der Waals surface area (Å²) >= 11 is 0. The zero-order chi connectivity index (χ0) is 13.7. The van der Waals surface area contributed by atoms with Crippen LogP contribution in [0.2, 0.25) is 0 Å². The molecule has 100 valence electrons. The molecule has 0 saturated heterocycles. The third-order valence-corrected chi connectivity index (χ3v) is 2.26. The number of hydrogen-bond acceptors (Lipinski definition) is 4. The van der Waals surface area contributed by atoms with Crippen LogP contribution in [0.5, 0.6) is 5.75 Å². The van der Waals surface area contributed by atoms with Crippen molar-refractivity contribution >= 4 is 5.97 Å². The third kappa shape index (κ3) is 3.38. The third-order valence-electron chi connectivity index (χ3n) is 2.26. The standard InChI is InChI=1S/C12H15F2NO3/c1-4-18-9(16)6-8-5-7(2)15-10(12(13)14)11(8)17-3/h5,12H,4,6H2,1-3H3. The molecule has 0 atom stereocenters. The predicted octanol–water partition coefficient (Wildman–Crippen LogP) is 2.44. The van der Waals surface area contributed by atoms with Crippen LogP contribution in [-0.2, 0) is 16.0 Å². The van der Waals surface area contributed by atoms with Gasteiger partial charge in [0.1, 0.15) is 11.4 Å². The molecule has 1 aromatic heterocycles. The number of rotatable bonds is 5. The molecule has 18 heavy (non-hydrogen) atoms. The number of methoxy groups -OCH3 is 1. The van der Waals surface area contributed by atoms with Gasteiger partial charge in [-0.2, -0.15) is 0 Å². The summed E-state index contributed by atoms with van der Waals surface area (Å²) < 4.78 is 35.3. The lowest BCUT2D eigenvalue weighted by atomic mass is 10.1. The van der Waals surface area contributed by atoms with E-state index in [0.717, 1.165) is 0 Å². The Morgan fingerprint density at radius 1 is 1.50 bits per heavy atom. The number of aryl methyl sites for hydroxylation is 1. The lowest BCUT2D eigenvalue weighted by molar-refractivity contribution is -0.142. The van der Waals surface area contributed by atoms with Gasteiger partial charge in [0.15, 0.2) is 0 Å². The van der Waals surface area contributed by atoms with Gasteiger partial charge >= 0.3 is 5.97 Å². The Balaban J connectivity index is 3.13. The summed E-state index contributed by atoms with van der Waals surface area (Å²) in [7, 11) is 1.27. The first-order valence-corrected chi connectivity index (χ1v) is 5.47. The second-order valence-electron chi connectivity index (χ2n) is 3.62. The number of halogens is 2. The highest BCUT2D eigenvalue weighted by atomic mass is 19.3. The van der Waals surface area contributed by atoms with Crippen molar-refractivity contribution < 1.29 is 23.0 Å². The summed E-state index contributed by atoms with van der Waals surface area (Å²) in [5.74, 6) is -0.537. The van der Waals surface area contributed by atoms with Gasteiger partial charge in [0, 0.05) is 11.3 Å². The van der Waals surface area contributed by atoms with Crippen LogP contribution in [-0.4, -0.2) is 24.7 Å². The summed E-state index contributed by atoms with van der Waals surface area (Å²) in [5, 5.41) is 0. The predicted molar refractivity (Wildman–Crippen MR) is 60.8 cm³/mol. The molecule has 0 aliphatic heterocycles. The fraction of sp³-hybridized carbons (Fsp3) is 0.500. The van der Waals surface area contributed by atoms with Crippen molar-refractivity contribution in [3.63, 3.8) is 0 Å². The molecule has 0 saturated carbocycles. The Bertz CT molecular complexity index is 436. The summed E-state index contributed by atoms with van der Waals surface area (Å²) in [6.07, 6.45) is -2.86. The Hall–Kier alpha value is -1.72. The van der Waals surface area contributed by atoms with Crippen LogP contribution in [0.4, 0.5) is 8.78 Å². The lowest BCUT2D eigenvalue weighted by Crippen LogP contribution is -2.11. The summed E-state index contributed by atoms with van der Waals surface area (Å²) in [5.41, 5.74) is 0.320. The molecule has 0 amide bonds. The second kappa shape index (κ2) is 6.28. The zero-order valence-corrected chi connectivity index (χ0v) is 10.5. The smallest absolute Gasteiger partial charge is 0.310 e. The number of alkyl halides is 2. The van der Waals surface area contributed by atoms with E-state index in [0.29, 0.717) is 11.3 Å². The van der Waals surface area contributed by atoms with E-state index in [1.54, 1.807) is 19.9 Å². The first-order valence-electron chi connectivity index (χ1n) is 5.47. The minimum atomic E-state index is -2.75. The quantitative estimate of drug-likeness (QED) is 0.762. The zero-order valence-electron chi connectivity index (χ0n) is 10.5. The molecule has 0 aromatic carbocycles. The van der Waals surface area contributed by atoms with Crippen LogP contribution in [0, 0.1) is 6.92 Å². The number of carbonyl (C=O) groups excluding carboxylic acids is 1. The number of nitrogens with zero attached hydrogens (tertiary/aromatic N) is 1. The van der Waals surface area contributed by atoms with E-state index in [1.165, 1.54) is 7.11 Å². The van der Waals surface area contributed by atoms with Gasteiger partial charge in [-0.15, -0.1) is 0 Å². The largest absolute Gasteiger partial charge is 0.494 e. The van der Waals surface area contributed by atoms with Gasteiger partial charge in [0.2, 0.25) is 0 Å². The van der Waals surface area contributed by atoms with Crippen molar-refractivity contribution in [2.24, 2.45) is 0 Å². The molecular weight excluding hydrogens is 244 g/mol. The molecule has 1 rings (SSSR count). The molecule has 0 fully saturated rings. The highest BCUT2D eigenvalue weighted by Gasteiger charge is 2.21. The number of hydrogen-bond donors (Lipinski definition) is 0. The highest BCUT2D eigenvalue weighted by Crippen LogP contribution is 2.31. The first kappa shape index (κ1) is 14.3. The molecule has 4 nitrogen and oxygen atoms in total. The average Bonchev–Trinajstić information content (AvgIpc) is 2.28. The Kier molecular flexibility index (Phi) is 5.00. The van der Waals surface area contributed by atoms with E-state index in [-0.39, 0.29) is 18.8 Å². The molecule has 1 aromatic rings. The summed E-state index contributed by atoms with van der Waals surface area (Å²) in [4.78, 5) is 15.1. The van der Waals surface area contributed by atoms with E-state index in [2.05, 4.69) is 4.98 Å². The van der Waals surface area contributed by atoms with Crippen molar-refractivity contribution in [3.8, 4) is 5.75 Å². The first-order chi connectivity index (χ1) is 8.49. The van der Waals surface area contributed by atoms with Crippen LogP contribution in [0.1, 0.15) is 30.3 Å². The number of esters is 1. The molecule has 1 heterocycles. The molecular formula is C12H15F2NO3. The van der Waals surface area contributed by atoms with Gasteiger partial charge in [-0.25, -0.2) is 13.8 Å². The molecule has 0 aliphatic rings. The van der Waals surface area contributed by atoms with Crippen LogP contribution in [0.25, 0.3) is 0 Å². The number of ether oxygens (including phenoxy) is 2. The topological polar surface area (TPSA) is 48.4 Å². The van der Waals surface area contributed by atoms with Gasteiger partial charge in [0.25, 0.3) is 6.43 Å². The van der Waals surface area contributed by atoms with Gasteiger partial charge in [0.05, 0.1) is 20.1 Å². The van der Waals surface area contributed by atoms with E-state index in [4.69, 9.17) is 9.47 Å². The van der Waals surface area contributed by atoms with Crippen LogP contribution < -0.4 is 4.74 Å². The maximum atomic E-state index is 12.8. The maximum absolute atomic E-state index is 12.8. The fourth-order valence-corrected chi connectivity index (χ4v) is 1.64. The molecule has 0 spiro atoms. The van der Waals surface area contributed by atoms with Crippen molar-refractivity contribution in [2.75, 3.05) is 13.7 Å². The number of carbonyl (C=O) groups is 1. The van der Waals surface area contributed by atoms with Crippen molar-refractivity contribution in [1.82, 2.24) is 4.98 Å². The molecule has 0 aliphatic carbocycles. The van der Waals surface area contributed by atoms with E-state index in [1.807, 2.05) is 0 Å². The Morgan fingerprint density at radius 3 is 2.67 bits per heavy atom. The van der Waals surface area contributed by atoms with Gasteiger partial charge < -0.3 is 9.47 Å². The van der Waals surface area contributed by atoms with Crippen molar-refractivity contribution in [2.45, 2.75) is 26.7 Å². The van der Waals surface area contributed by atoms with E-state index in [9.17, 15) is 13.6 Å². The van der Waals surface area contributed by atoms with Gasteiger partial charge in [-0.05, 0) is 19.9 Å². The monoisotopic (exact) mass is 259 g/mol. The minimum Gasteiger partial charge on any atom is -0.494 e. The Labute approximate surface area is 104 Å². The van der Waals surface area contributed by atoms with Crippen LogP contribution >= 0.6 is 0 Å². The molecule has 0 bridgehead atoms. The van der Waals surface area contributed by atoms with Gasteiger partial charge in [-0.1, -0.05) is 0 Å². The normalized spacial score (nSPS) is 10.6. The second-order valence-corrected chi connectivity index (χ2v) is 3.62. The molecule has 0 N–H and O–H groups in total. The van der Waals surface area contributed by atoms with E-state index < -0.39 is 18.1 Å². The maximum Gasteiger partial charge on any atom is 0.310 e. The Morgan fingerprint density at radius 2 is 2.17 bits per heavy atom. The number of pyridine rings is 1. The molecule has 0 radical (unpaired) electrons. The molecule has 0 unspecified atom stereocenters. The average molecular weight is 259 g/mol. The summed E-state index contributed by atoms with van der Waals surface area (Å²) in [6.45, 7) is 3.50. The van der Waals surface area contributed by atoms with Crippen LogP contribution in [0.15, 0.2) is 6.07 Å². The lowest BCUT2D eigenvalue weighted by Gasteiger charge is -2.13. The van der Waals surface area contributed by atoms with Gasteiger partial charge in [-0.3, -0.25) is 4.79 Å². The minimum absolute atomic E-state index is 0.0522. The van der Waals surface area contributed by atoms with Crippen molar-refractivity contribution in [1.29, 1.82) is 0 Å². The fourth-order valence-electron chi connectivity index (χ4n) is 1.64. The van der Waals surface area contributed by atoms with Crippen LogP contribution in [0.3, 0.4) is 0 Å². The highest BCUT2D eigenvalue weighted by molar-refractivity contribution is 5.73. The number of aromatic nitrogens is 1. The van der Waals surface area contributed by atoms with Crippen molar-refractivity contribution in [3.05, 3.63) is 23.0 Å². The SMILES string of the molecule is CCOC(=O)Cc1cc(C)nc(C(F)F)c1OC.